The number of carbonyl (C=O) groups excluding carboxylic acids is 1. The first-order valence-electron chi connectivity index (χ1n) is 8.33. The summed E-state index contributed by atoms with van der Waals surface area (Å²) in [6, 6.07) is 7.96. The zero-order valence-corrected chi connectivity index (χ0v) is 13.7. The Balaban J connectivity index is 1.49. The van der Waals surface area contributed by atoms with Crippen molar-refractivity contribution in [2.24, 2.45) is 0 Å². The molecule has 1 saturated heterocycles. The van der Waals surface area contributed by atoms with Crippen LogP contribution in [0.5, 0.6) is 0 Å². The molecule has 0 unspecified atom stereocenters. The number of nitrogens with zero attached hydrogens (tertiary/aromatic N) is 4. The van der Waals surface area contributed by atoms with Gasteiger partial charge < -0.3 is 14.0 Å². The minimum Gasteiger partial charge on any atom is -0.356 e. The van der Waals surface area contributed by atoms with Crippen molar-refractivity contribution in [1.82, 2.24) is 19.6 Å². The molecule has 6 heteroatoms. The van der Waals surface area contributed by atoms with Crippen LogP contribution in [-0.4, -0.2) is 38.6 Å². The molecule has 0 N–H and O–H groups in total. The molecule has 1 atom stereocenters. The van der Waals surface area contributed by atoms with Crippen molar-refractivity contribution in [2.75, 3.05) is 13.1 Å². The number of aromatic nitrogens is 3. The Morgan fingerprint density at radius 1 is 1.38 bits per heavy atom. The third-order valence-corrected chi connectivity index (χ3v) is 4.78. The molecule has 1 fully saturated rings. The van der Waals surface area contributed by atoms with Crippen LogP contribution in [0.4, 0.5) is 0 Å². The predicted octanol–water partition coefficient (Wildman–Crippen LogP) is 2.74. The molecule has 0 radical (unpaired) electrons. The molecule has 0 spiro atoms. The molecular weight excluding hydrogens is 304 g/mol. The summed E-state index contributed by atoms with van der Waals surface area (Å²) in [5.41, 5.74) is 1.45. The van der Waals surface area contributed by atoms with E-state index >= 15 is 0 Å². The van der Waals surface area contributed by atoms with Crippen LogP contribution in [0.15, 0.2) is 41.2 Å². The van der Waals surface area contributed by atoms with Crippen molar-refractivity contribution in [1.29, 1.82) is 0 Å². The smallest absolute Gasteiger partial charge is 0.228 e. The molecule has 124 valence electrons. The lowest BCUT2D eigenvalue weighted by molar-refractivity contribution is -0.132. The Bertz CT molecular complexity index is 867. The average Bonchev–Trinajstić information content (AvgIpc) is 3.22. The zero-order valence-electron chi connectivity index (χ0n) is 13.7. The van der Waals surface area contributed by atoms with E-state index < -0.39 is 0 Å². The van der Waals surface area contributed by atoms with Gasteiger partial charge in [0.05, 0.1) is 12.5 Å². The quantitative estimate of drug-likeness (QED) is 0.743. The van der Waals surface area contributed by atoms with Crippen LogP contribution in [0, 0.1) is 6.92 Å². The van der Waals surface area contributed by atoms with E-state index in [1.54, 1.807) is 0 Å². The van der Waals surface area contributed by atoms with Gasteiger partial charge in [0.2, 0.25) is 5.91 Å². The number of likely N-dealkylation sites (tertiary alicyclic amines) is 1. The third kappa shape index (κ3) is 2.68. The maximum Gasteiger partial charge on any atom is 0.228 e. The number of benzene rings is 1. The van der Waals surface area contributed by atoms with E-state index in [1.165, 1.54) is 0 Å². The fourth-order valence-corrected chi connectivity index (χ4v) is 3.50. The molecule has 3 heterocycles. The number of para-hydroxylation sites is 1. The standard InChI is InChI=1S/C18H20N4O2/c1-13-19-8-10-22(13)14-5-4-9-21(12-14)18(23)11-16-15-6-2-3-7-17(15)24-20-16/h2-3,6-8,10,14H,4-5,9,11-12H2,1H3/t14-/m0/s1. The number of imidazole rings is 1. The van der Waals surface area contributed by atoms with Crippen molar-refractivity contribution in [2.45, 2.75) is 32.2 Å². The lowest BCUT2D eigenvalue weighted by atomic mass is 10.0. The van der Waals surface area contributed by atoms with Crippen molar-refractivity contribution in [3.8, 4) is 0 Å². The summed E-state index contributed by atoms with van der Waals surface area (Å²) < 4.78 is 7.47. The molecule has 1 amide bonds. The van der Waals surface area contributed by atoms with E-state index in [0.29, 0.717) is 6.04 Å². The number of hydrogen-bond donors (Lipinski definition) is 0. The van der Waals surface area contributed by atoms with Crippen LogP contribution < -0.4 is 0 Å². The number of amides is 1. The van der Waals surface area contributed by atoms with E-state index in [2.05, 4.69) is 14.7 Å². The van der Waals surface area contributed by atoms with Gasteiger partial charge in [0, 0.05) is 30.9 Å². The van der Waals surface area contributed by atoms with E-state index in [0.717, 1.165) is 48.4 Å². The van der Waals surface area contributed by atoms with Crippen LogP contribution in [0.2, 0.25) is 0 Å². The number of aryl methyl sites for hydroxylation is 1. The fourth-order valence-electron chi connectivity index (χ4n) is 3.50. The molecule has 3 aromatic rings. The lowest BCUT2D eigenvalue weighted by Crippen LogP contribution is -2.41. The van der Waals surface area contributed by atoms with Gasteiger partial charge in [-0.15, -0.1) is 0 Å². The minimum absolute atomic E-state index is 0.108. The Morgan fingerprint density at radius 2 is 2.25 bits per heavy atom. The molecule has 0 aliphatic carbocycles. The molecule has 1 aliphatic heterocycles. The largest absolute Gasteiger partial charge is 0.356 e. The second kappa shape index (κ2) is 6.11. The van der Waals surface area contributed by atoms with Crippen molar-refractivity contribution < 1.29 is 9.32 Å². The van der Waals surface area contributed by atoms with Gasteiger partial charge in [0.1, 0.15) is 11.5 Å². The fraction of sp³-hybridized carbons (Fsp3) is 0.389. The first-order chi connectivity index (χ1) is 11.7. The van der Waals surface area contributed by atoms with Gasteiger partial charge in [-0.1, -0.05) is 17.3 Å². The van der Waals surface area contributed by atoms with E-state index in [1.807, 2.05) is 48.5 Å². The Morgan fingerprint density at radius 3 is 3.08 bits per heavy atom. The lowest BCUT2D eigenvalue weighted by Gasteiger charge is -2.33. The molecule has 4 rings (SSSR count). The first kappa shape index (κ1) is 14.9. The molecule has 0 bridgehead atoms. The van der Waals surface area contributed by atoms with Crippen LogP contribution >= 0.6 is 0 Å². The summed E-state index contributed by atoms with van der Waals surface area (Å²) in [6.45, 7) is 3.53. The summed E-state index contributed by atoms with van der Waals surface area (Å²) in [7, 11) is 0. The van der Waals surface area contributed by atoms with E-state index in [-0.39, 0.29) is 12.3 Å². The highest BCUT2D eigenvalue weighted by molar-refractivity contribution is 5.86. The summed E-state index contributed by atoms with van der Waals surface area (Å²) in [5.74, 6) is 1.10. The van der Waals surface area contributed by atoms with Crippen LogP contribution in [0.25, 0.3) is 11.0 Å². The SMILES string of the molecule is Cc1nccn1[C@H]1CCCN(C(=O)Cc2noc3ccccc23)C1. The second-order valence-corrected chi connectivity index (χ2v) is 6.32. The molecule has 2 aromatic heterocycles. The average molecular weight is 324 g/mol. The highest BCUT2D eigenvalue weighted by Crippen LogP contribution is 2.24. The van der Waals surface area contributed by atoms with Crippen LogP contribution in [-0.2, 0) is 11.2 Å². The number of piperidine rings is 1. The highest BCUT2D eigenvalue weighted by Gasteiger charge is 2.26. The van der Waals surface area contributed by atoms with Crippen LogP contribution in [0.3, 0.4) is 0 Å². The number of carbonyl (C=O) groups is 1. The number of fused-ring (bicyclic) bond motifs is 1. The number of rotatable bonds is 3. The Kier molecular flexibility index (Phi) is 3.80. The molecule has 6 nitrogen and oxygen atoms in total. The molecule has 24 heavy (non-hydrogen) atoms. The van der Waals surface area contributed by atoms with Crippen molar-refractivity contribution in [3.63, 3.8) is 0 Å². The van der Waals surface area contributed by atoms with E-state index in [9.17, 15) is 4.79 Å². The monoisotopic (exact) mass is 324 g/mol. The summed E-state index contributed by atoms with van der Waals surface area (Å²) in [4.78, 5) is 19.0. The van der Waals surface area contributed by atoms with Crippen molar-refractivity contribution in [3.05, 3.63) is 48.2 Å². The first-order valence-corrected chi connectivity index (χ1v) is 8.33. The zero-order chi connectivity index (χ0) is 16.5. The normalized spacial score (nSPS) is 18.2. The third-order valence-electron chi connectivity index (χ3n) is 4.78. The summed E-state index contributed by atoms with van der Waals surface area (Å²) in [6.07, 6.45) is 6.19. The maximum absolute atomic E-state index is 12.7. The van der Waals surface area contributed by atoms with Gasteiger partial charge in [-0.05, 0) is 31.9 Å². The highest BCUT2D eigenvalue weighted by atomic mass is 16.5. The molecule has 1 aliphatic rings. The van der Waals surface area contributed by atoms with Gasteiger partial charge in [-0.2, -0.15) is 0 Å². The van der Waals surface area contributed by atoms with Crippen LogP contribution in [0.1, 0.15) is 30.4 Å². The summed E-state index contributed by atoms with van der Waals surface area (Å²) in [5, 5.41) is 5.00. The number of hydrogen-bond acceptors (Lipinski definition) is 4. The predicted molar refractivity (Wildman–Crippen MR) is 89.5 cm³/mol. The van der Waals surface area contributed by atoms with Gasteiger partial charge in [0.15, 0.2) is 5.58 Å². The van der Waals surface area contributed by atoms with Gasteiger partial charge in [-0.25, -0.2) is 4.98 Å². The second-order valence-electron chi connectivity index (χ2n) is 6.32. The molecule has 0 saturated carbocycles. The van der Waals surface area contributed by atoms with Crippen molar-refractivity contribution >= 4 is 16.9 Å². The summed E-state index contributed by atoms with van der Waals surface area (Å²) >= 11 is 0. The topological polar surface area (TPSA) is 64.2 Å². The van der Waals surface area contributed by atoms with Gasteiger partial charge in [0.25, 0.3) is 0 Å². The molecular formula is C18H20N4O2. The molecule has 1 aromatic carbocycles. The van der Waals surface area contributed by atoms with Gasteiger partial charge >= 0.3 is 0 Å². The minimum atomic E-state index is 0.108. The Labute approximate surface area is 140 Å². The Hall–Kier alpha value is -2.63. The van der Waals surface area contributed by atoms with E-state index in [4.69, 9.17) is 4.52 Å². The maximum atomic E-state index is 12.7. The van der Waals surface area contributed by atoms with Gasteiger partial charge in [-0.3, -0.25) is 4.79 Å².